The lowest BCUT2D eigenvalue weighted by molar-refractivity contribution is -0.150. The standard InChI is InChI=1S/C22H29N3O3/c1-4-28-22(27)19-10-12-24(13-11-19)21(26)20(14-23)16-25(17(2)3)15-18-8-6-5-7-9-18/h5-9,16-17,19H,4,10-13,15H2,1-3H3/b20-16-. The predicted molar refractivity (Wildman–Crippen MR) is 107 cm³/mol. The van der Waals surface area contributed by atoms with Crippen molar-refractivity contribution in [3.8, 4) is 6.07 Å². The smallest absolute Gasteiger partial charge is 0.309 e. The van der Waals surface area contributed by atoms with Crippen LogP contribution >= 0.6 is 0 Å². The number of amides is 1. The molecule has 1 heterocycles. The third-order valence-electron chi connectivity index (χ3n) is 4.92. The van der Waals surface area contributed by atoms with E-state index in [-0.39, 0.29) is 29.4 Å². The molecule has 0 N–H and O–H groups in total. The number of esters is 1. The highest BCUT2D eigenvalue weighted by Gasteiger charge is 2.29. The van der Waals surface area contributed by atoms with Gasteiger partial charge in [0.05, 0.1) is 12.5 Å². The summed E-state index contributed by atoms with van der Waals surface area (Å²) >= 11 is 0. The van der Waals surface area contributed by atoms with Crippen LogP contribution in [0, 0.1) is 17.2 Å². The summed E-state index contributed by atoms with van der Waals surface area (Å²) < 4.78 is 5.07. The molecule has 0 radical (unpaired) electrons. The van der Waals surface area contributed by atoms with Crippen LogP contribution in [0.4, 0.5) is 0 Å². The number of piperidine rings is 1. The molecule has 150 valence electrons. The number of likely N-dealkylation sites (tertiary alicyclic amines) is 1. The first-order valence-corrected chi connectivity index (χ1v) is 9.83. The predicted octanol–water partition coefficient (Wildman–Crippen LogP) is 3.11. The Morgan fingerprint density at radius 3 is 2.46 bits per heavy atom. The largest absolute Gasteiger partial charge is 0.466 e. The van der Waals surface area contributed by atoms with Gasteiger partial charge in [0.15, 0.2) is 0 Å². The van der Waals surface area contributed by atoms with Gasteiger partial charge in [-0.1, -0.05) is 30.3 Å². The molecule has 1 aliphatic rings. The van der Waals surface area contributed by atoms with Gasteiger partial charge in [0.2, 0.25) is 0 Å². The van der Waals surface area contributed by atoms with Crippen LogP contribution in [-0.2, 0) is 20.9 Å². The molecule has 28 heavy (non-hydrogen) atoms. The Labute approximate surface area is 167 Å². The molecular weight excluding hydrogens is 354 g/mol. The minimum absolute atomic E-state index is 0.124. The first-order chi connectivity index (χ1) is 13.5. The van der Waals surface area contributed by atoms with E-state index in [1.807, 2.05) is 49.1 Å². The Hall–Kier alpha value is -2.81. The maximum Gasteiger partial charge on any atom is 0.309 e. The molecule has 0 aliphatic carbocycles. The van der Waals surface area contributed by atoms with Crippen molar-refractivity contribution in [1.82, 2.24) is 9.80 Å². The van der Waals surface area contributed by atoms with Crippen molar-refractivity contribution in [3.05, 3.63) is 47.7 Å². The lowest BCUT2D eigenvalue weighted by Gasteiger charge is -2.31. The second-order valence-electron chi connectivity index (χ2n) is 7.22. The van der Waals surface area contributed by atoms with Crippen molar-refractivity contribution in [3.63, 3.8) is 0 Å². The van der Waals surface area contributed by atoms with Crippen molar-refractivity contribution >= 4 is 11.9 Å². The number of nitrogens with zero attached hydrogens (tertiary/aromatic N) is 3. The van der Waals surface area contributed by atoms with E-state index in [0.717, 1.165) is 5.56 Å². The van der Waals surface area contributed by atoms with E-state index >= 15 is 0 Å². The van der Waals surface area contributed by atoms with E-state index in [1.54, 1.807) is 18.0 Å². The SMILES string of the molecule is CCOC(=O)C1CCN(C(=O)/C(C#N)=C\N(Cc2ccccc2)C(C)C)CC1. The van der Waals surface area contributed by atoms with Crippen LogP contribution in [-0.4, -0.2) is 47.4 Å². The van der Waals surface area contributed by atoms with Gasteiger partial charge in [-0.2, -0.15) is 5.26 Å². The van der Waals surface area contributed by atoms with Gasteiger partial charge in [0.1, 0.15) is 11.6 Å². The molecular formula is C22H29N3O3. The summed E-state index contributed by atoms with van der Waals surface area (Å²) in [6.45, 7) is 7.76. The van der Waals surface area contributed by atoms with Gasteiger partial charge in [0, 0.05) is 31.9 Å². The maximum atomic E-state index is 12.8. The normalized spacial score (nSPS) is 15.2. The van der Waals surface area contributed by atoms with E-state index in [4.69, 9.17) is 4.74 Å². The van der Waals surface area contributed by atoms with Crippen LogP contribution < -0.4 is 0 Å². The van der Waals surface area contributed by atoms with E-state index in [2.05, 4.69) is 6.07 Å². The van der Waals surface area contributed by atoms with Crippen LogP contribution in [0.15, 0.2) is 42.1 Å². The Morgan fingerprint density at radius 1 is 1.29 bits per heavy atom. The number of hydrogen-bond acceptors (Lipinski definition) is 5. The summed E-state index contributed by atoms with van der Waals surface area (Å²) in [6, 6.07) is 12.2. The van der Waals surface area contributed by atoms with Crippen LogP contribution in [0.2, 0.25) is 0 Å². The quantitative estimate of drug-likeness (QED) is 0.411. The van der Waals surface area contributed by atoms with Crippen molar-refractivity contribution in [2.75, 3.05) is 19.7 Å². The van der Waals surface area contributed by atoms with E-state index in [0.29, 0.717) is 39.1 Å². The summed E-state index contributed by atoms with van der Waals surface area (Å²) in [5.74, 6) is -0.633. The fourth-order valence-corrected chi connectivity index (χ4v) is 3.22. The third-order valence-corrected chi connectivity index (χ3v) is 4.92. The monoisotopic (exact) mass is 383 g/mol. The second-order valence-corrected chi connectivity index (χ2v) is 7.22. The Morgan fingerprint density at radius 2 is 1.93 bits per heavy atom. The Balaban J connectivity index is 2.05. The van der Waals surface area contributed by atoms with E-state index < -0.39 is 0 Å². The van der Waals surface area contributed by atoms with Gasteiger partial charge < -0.3 is 14.5 Å². The summed E-state index contributed by atoms with van der Waals surface area (Å²) in [7, 11) is 0. The first kappa shape index (κ1) is 21.5. The van der Waals surface area contributed by atoms with Crippen LogP contribution in [0.5, 0.6) is 0 Å². The van der Waals surface area contributed by atoms with Gasteiger partial charge in [-0.25, -0.2) is 0 Å². The zero-order chi connectivity index (χ0) is 20.5. The van der Waals surface area contributed by atoms with E-state index in [1.165, 1.54) is 0 Å². The first-order valence-electron chi connectivity index (χ1n) is 9.83. The molecule has 1 amide bonds. The molecule has 0 spiro atoms. The van der Waals surface area contributed by atoms with Crippen molar-refractivity contribution in [2.45, 2.75) is 46.2 Å². The average Bonchev–Trinajstić information content (AvgIpc) is 2.71. The molecule has 0 unspecified atom stereocenters. The summed E-state index contributed by atoms with van der Waals surface area (Å²) in [6.07, 6.45) is 2.81. The Kier molecular flexibility index (Phi) is 8.06. The zero-order valence-corrected chi connectivity index (χ0v) is 16.9. The molecule has 6 heteroatoms. The number of benzene rings is 1. The van der Waals surface area contributed by atoms with Crippen molar-refractivity contribution in [1.29, 1.82) is 5.26 Å². The number of hydrogen-bond donors (Lipinski definition) is 0. The molecule has 0 saturated carbocycles. The highest BCUT2D eigenvalue weighted by atomic mass is 16.5. The highest BCUT2D eigenvalue weighted by Crippen LogP contribution is 2.20. The zero-order valence-electron chi connectivity index (χ0n) is 16.9. The lowest BCUT2D eigenvalue weighted by atomic mass is 9.96. The summed E-state index contributed by atoms with van der Waals surface area (Å²) in [5.41, 5.74) is 1.24. The molecule has 6 nitrogen and oxygen atoms in total. The number of carbonyl (C=O) groups excluding carboxylic acids is 2. The molecule has 1 aromatic carbocycles. The fraction of sp³-hybridized carbons (Fsp3) is 0.500. The Bertz CT molecular complexity index is 729. The minimum Gasteiger partial charge on any atom is -0.466 e. The number of ether oxygens (including phenoxy) is 1. The minimum atomic E-state index is -0.275. The van der Waals surface area contributed by atoms with Crippen LogP contribution in [0.25, 0.3) is 0 Å². The second kappa shape index (κ2) is 10.5. The summed E-state index contributed by atoms with van der Waals surface area (Å²) in [5, 5.41) is 9.57. The van der Waals surface area contributed by atoms with Gasteiger partial charge >= 0.3 is 5.97 Å². The number of nitriles is 1. The molecule has 0 aromatic heterocycles. The number of carbonyl (C=O) groups is 2. The summed E-state index contributed by atoms with van der Waals surface area (Å²) in [4.78, 5) is 28.4. The lowest BCUT2D eigenvalue weighted by Crippen LogP contribution is -2.41. The van der Waals surface area contributed by atoms with Gasteiger partial charge in [0.25, 0.3) is 5.91 Å². The van der Waals surface area contributed by atoms with Gasteiger partial charge in [-0.15, -0.1) is 0 Å². The molecule has 1 aliphatic heterocycles. The molecule has 2 rings (SSSR count). The average molecular weight is 383 g/mol. The maximum absolute atomic E-state index is 12.8. The molecule has 1 saturated heterocycles. The van der Waals surface area contributed by atoms with Gasteiger partial charge in [-0.3, -0.25) is 9.59 Å². The third kappa shape index (κ3) is 5.85. The van der Waals surface area contributed by atoms with Crippen LogP contribution in [0.1, 0.15) is 39.2 Å². The fourth-order valence-electron chi connectivity index (χ4n) is 3.22. The van der Waals surface area contributed by atoms with Crippen molar-refractivity contribution < 1.29 is 14.3 Å². The molecule has 0 atom stereocenters. The highest BCUT2D eigenvalue weighted by molar-refractivity contribution is 5.97. The molecule has 0 bridgehead atoms. The number of rotatable bonds is 7. The van der Waals surface area contributed by atoms with Gasteiger partial charge in [-0.05, 0) is 39.2 Å². The van der Waals surface area contributed by atoms with E-state index in [9.17, 15) is 14.9 Å². The molecule has 1 fully saturated rings. The van der Waals surface area contributed by atoms with Crippen LogP contribution in [0.3, 0.4) is 0 Å². The topological polar surface area (TPSA) is 73.6 Å². The molecule has 1 aromatic rings. The van der Waals surface area contributed by atoms with Crippen molar-refractivity contribution in [2.24, 2.45) is 5.92 Å².